The number of aryl methyl sites for hydroxylation is 3. The Hall–Kier alpha value is -3.68. The molecule has 1 aliphatic carbocycles. The van der Waals surface area contributed by atoms with Crippen LogP contribution in [0.5, 0.6) is 0 Å². The topological polar surface area (TPSA) is 110 Å². The molecule has 3 aromatic heterocycles. The van der Waals surface area contributed by atoms with Gasteiger partial charge in [-0.2, -0.15) is 5.10 Å². The second-order valence-corrected chi connectivity index (χ2v) is 7.27. The molecule has 0 atom stereocenters. The molecule has 8 nitrogen and oxygen atoms in total. The third-order valence-corrected chi connectivity index (χ3v) is 5.08. The Bertz CT molecular complexity index is 1140. The number of hydrogen-bond acceptors (Lipinski definition) is 6. The van der Waals surface area contributed by atoms with Crippen molar-refractivity contribution in [2.75, 3.05) is 5.32 Å². The zero-order chi connectivity index (χ0) is 21.3. The van der Waals surface area contributed by atoms with Crippen molar-refractivity contribution in [1.82, 2.24) is 10.4 Å². The molecule has 30 heavy (non-hydrogen) atoms. The fraction of sp³-hybridized carbons (Fsp3) is 0.273. The van der Waals surface area contributed by atoms with E-state index in [0.29, 0.717) is 47.0 Å². The van der Waals surface area contributed by atoms with Crippen LogP contribution in [0.25, 0.3) is 0 Å². The summed E-state index contributed by atoms with van der Waals surface area (Å²) in [5.41, 5.74) is 6.20. The average Bonchev–Trinajstić information content (AvgIpc) is 3.31. The van der Waals surface area contributed by atoms with Crippen molar-refractivity contribution in [3.05, 3.63) is 70.2 Å². The molecule has 2 amide bonds. The summed E-state index contributed by atoms with van der Waals surface area (Å²) in [4.78, 5) is 29.3. The van der Waals surface area contributed by atoms with Gasteiger partial charge in [0.2, 0.25) is 0 Å². The van der Waals surface area contributed by atoms with E-state index in [4.69, 9.17) is 8.83 Å². The van der Waals surface area contributed by atoms with E-state index in [2.05, 4.69) is 20.8 Å². The number of carbonyl (C=O) groups excluding carboxylic acids is 2. The number of amides is 2. The van der Waals surface area contributed by atoms with Gasteiger partial charge in [-0.05, 0) is 51.3 Å². The summed E-state index contributed by atoms with van der Waals surface area (Å²) in [6, 6.07) is 5.21. The number of nitrogens with zero attached hydrogens (tertiary/aromatic N) is 2. The molecular formula is C22H22N4O4. The monoisotopic (exact) mass is 406 g/mol. The molecule has 0 radical (unpaired) electrons. The summed E-state index contributed by atoms with van der Waals surface area (Å²) < 4.78 is 11.0. The summed E-state index contributed by atoms with van der Waals surface area (Å²) in [6.07, 6.45) is 5.35. The first kappa shape index (κ1) is 19.6. The first-order chi connectivity index (χ1) is 14.4. The molecule has 0 aliphatic heterocycles. The standard InChI is InChI=1S/C22H22N4O4/c1-12-7-8-18(23-11-12)24-22(28)20-13(2)19-16(5-4-6-17(19)30-20)25-26-21(27)15-9-10-29-14(15)3/h7-11H,4-6H2,1-3H3,(H,26,27)(H,23,24,28)/b25-16+. The molecule has 0 spiro atoms. The van der Waals surface area contributed by atoms with Crippen molar-refractivity contribution < 1.29 is 18.4 Å². The maximum atomic E-state index is 12.7. The number of hydrazone groups is 1. The first-order valence-corrected chi connectivity index (χ1v) is 9.71. The van der Waals surface area contributed by atoms with Gasteiger partial charge in [-0.15, -0.1) is 0 Å². The molecule has 3 aromatic rings. The number of aromatic nitrogens is 1. The zero-order valence-electron chi connectivity index (χ0n) is 17.0. The van der Waals surface area contributed by atoms with Gasteiger partial charge in [-0.1, -0.05) is 6.07 Å². The van der Waals surface area contributed by atoms with Crippen LogP contribution < -0.4 is 10.7 Å². The third kappa shape index (κ3) is 3.76. The second-order valence-electron chi connectivity index (χ2n) is 7.27. The van der Waals surface area contributed by atoms with Crippen LogP contribution in [0, 0.1) is 20.8 Å². The van der Waals surface area contributed by atoms with Gasteiger partial charge in [0.15, 0.2) is 5.76 Å². The van der Waals surface area contributed by atoms with Gasteiger partial charge in [-0.25, -0.2) is 10.4 Å². The Labute approximate surface area is 173 Å². The number of fused-ring (bicyclic) bond motifs is 1. The lowest BCUT2D eigenvalue weighted by Gasteiger charge is -2.13. The Balaban J connectivity index is 1.57. The lowest BCUT2D eigenvalue weighted by atomic mass is 9.93. The molecule has 2 N–H and O–H groups in total. The van der Waals surface area contributed by atoms with Gasteiger partial charge in [0.1, 0.15) is 17.3 Å². The van der Waals surface area contributed by atoms with Crippen LogP contribution in [-0.2, 0) is 6.42 Å². The number of nitrogens with one attached hydrogen (secondary N) is 2. The fourth-order valence-electron chi connectivity index (χ4n) is 3.51. The minimum atomic E-state index is -0.365. The van der Waals surface area contributed by atoms with E-state index in [1.54, 1.807) is 25.3 Å². The van der Waals surface area contributed by atoms with Gasteiger partial charge >= 0.3 is 0 Å². The molecule has 0 saturated heterocycles. The normalized spacial score (nSPS) is 14.4. The Kier molecular flexibility index (Phi) is 5.22. The van der Waals surface area contributed by atoms with E-state index in [0.717, 1.165) is 17.5 Å². The third-order valence-electron chi connectivity index (χ3n) is 5.08. The molecule has 4 rings (SSSR count). The van der Waals surface area contributed by atoms with Crippen LogP contribution in [0.4, 0.5) is 5.82 Å². The summed E-state index contributed by atoms with van der Waals surface area (Å²) in [6.45, 7) is 5.47. The van der Waals surface area contributed by atoms with Gasteiger partial charge in [-0.3, -0.25) is 9.59 Å². The lowest BCUT2D eigenvalue weighted by molar-refractivity contribution is 0.0952. The summed E-state index contributed by atoms with van der Waals surface area (Å²) in [5.74, 6) is 1.21. The largest absolute Gasteiger partial charge is 0.469 e. The summed E-state index contributed by atoms with van der Waals surface area (Å²) >= 11 is 0. The van der Waals surface area contributed by atoms with Crippen molar-refractivity contribution in [3.8, 4) is 0 Å². The van der Waals surface area contributed by atoms with Gasteiger partial charge in [0, 0.05) is 23.7 Å². The van der Waals surface area contributed by atoms with E-state index in [-0.39, 0.29) is 17.6 Å². The summed E-state index contributed by atoms with van der Waals surface area (Å²) in [5, 5.41) is 7.08. The van der Waals surface area contributed by atoms with Crippen LogP contribution in [0.3, 0.4) is 0 Å². The van der Waals surface area contributed by atoms with Gasteiger partial charge in [0.25, 0.3) is 11.8 Å². The number of hydrogen-bond donors (Lipinski definition) is 2. The molecule has 0 saturated carbocycles. The van der Waals surface area contributed by atoms with Crippen molar-refractivity contribution in [2.45, 2.75) is 40.0 Å². The summed E-state index contributed by atoms with van der Waals surface area (Å²) in [7, 11) is 0. The minimum Gasteiger partial charge on any atom is -0.469 e. The highest BCUT2D eigenvalue weighted by molar-refractivity contribution is 6.09. The van der Waals surface area contributed by atoms with E-state index < -0.39 is 0 Å². The van der Waals surface area contributed by atoms with Crippen molar-refractivity contribution >= 4 is 23.3 Å². The molecule has 0 unspecified atom stereocenters. The maximum absolute atomic E-state index is 12.7. The van der Waals surface area contributed by atoms with Crippen LogP contribution in [0.1, 0.15) is 62.0 Å². The second kappa shape index (κ2) is 7.98. The van der Waals surface area contributed by atoms with E-state index >= 15 is 0 Å². The molecule has 1 aliphatic rings. The van der Waals surface area contributed by atoms with Crippen molar-refractivity contribution in [2.24, 2.45) is 5.10 Å². The van der Waals surface area contributed by atoms with E-state index in [1.807, 2.05) is 19.9 Å². The van der Waals surface area contributed by atoms with Gasteiger partial charge < -0.3 is 14.2 Å². The highest BCUT2D eigenvalue weighted by Gasteiger charge is 2.28. The smallest absolute Gasteiger partial charge is 0.292 e. The van der Waals surface area contributed by atoms with Crippen LogP contribution in [0.2, 0.25) is 0 Å². The number of pyridine rings is 1. The van der Waals surface area contributed by atoms with Crippen molar-refractivity contribution in [3.63, 3.8) is 0 Å². The Morgan fingerprint density at radius 3 is 2.63 bits per heavy atom. The Morgan fingerprint density at radius 1 is 1.10 bits per heavy atom. The maximum Gasteiger partial charge on any atom is 0.292 e. The number of carbonyl (C=O) groups is 2. The SMILES string of the molecule is Cc1ccc(NC(=O)c2oc3c(c2C)/C(=N/NC(=O)c2ccoc2C)CCC3)nc1. The minimum absolute atomic E-state index is 0.231. The predicted molar refractivity (Wildman–Crippen MR) is 111 cm³/mol. The van der Waals surface area contributed by atoms with E-state index in [1.165, 1.54) is 6.26 Å². The molecule has 8 heteroatoms. The molecule has 3 heterocycles. The molecule has 0 aromatic carbocycles. The number of rotatable bonds is 4. The molecule has 0 fully saturated rings. The first-order valence-electron chi connectivity index (χ1n) is 9.71. The highest BCUT2D eigenvalue weighted by Crippen LogP contribution is 2.30. The average molecular weight is 406 g/mol. The van der Waals surface area contributed by atoms with Crippen LogP contribution in [-0.4, -0.2) is 22.5 Å². The lowest BCUT2D eigenvalue weighted by Crippen LogP contribution is -2.22. The predicted octanol–water partition coefficient (Wildman–Crippen LogP) is 3.92. The van der Waals surface area contributed by atoms with Crippen LogP contribution >= 0.6 is 0 Å². The quantitative estimate of drug-likeness (QED) is 0.638. The molecular weight excluding hydrogens is 384 g/mol. The fourth-order valence-corrected chi connectivity index (χ4v) is 3.51. The molecule has 154 valence electrons. The van der Waals surface area contributed by atoms with Crippen LogP contribution in [0.15, 0.2) is 44.6 Å². The van der Waals surface area contributed by atoms with Gasteiger partial charge in [0.05, 0.1) is 17.5 Å². The van der Waals surface area contributed by atoms with E-state index in [9.17, 15) is 9.59 Å². The highest BCUT2D eigenvalue weighted by atomic mass is 16.4. The number of anilines is 1. The molecule has 0 bridgehead atoms. The van der Waals surface area contributed by atoms with Crippen molar-refractivity contribution in [1.29, 1.82) is 0 Å². The number of furan rings is 2. The zero-order valence-corrected chi connectivity index (χ0v) is 17.0. The Morgan fingerprint density at radius 2 is 1.93 bits per heavy atom.